The van der Waals surface area contributed by atoms with Crippen LogP contribution in [0.3, 0.4) is 0 Å². The van der Waals surface area contributed by atoms with E-state index in [0.29, 0.717) is 6.61 Å². The van der Waals surface area contributed by atoms with E-state index in [1.807, 2.05) is 30.3 Å². The number of aliphatic hydroxyl groups excluding tert-OH is 1. The molecule has 0 aliphatic heterocycles. The van der Waals surface area contributed by atoms with Gasteiger partial charge in [-0.1, -0.05) is 30.3 Å². The van der Waals surface area contributed by atoms with Crippen LogP contribution in [0.5, 0.6) is 0 Å². The van der Waals surface area contributed by atoms with Gasteiger partial charge in [-0.25, -0.2) is 0 Å². The van der Waals surface area contributed by atoms with Gasteiger partial charge in [-0.3, -0.25) is 8.58 Å². The quantitative estimate of drug-likeness (QED) is 0.794. The molecule has 0 unspecified atom stereocenters. The number of hydrogen-bond acceptors (Lipinski definition) is 4. The van der Waals surface area contributed by atoms with E-state index in [-0.39, 0.29) is 13.2 Å². The zero-order valence-corrected chi connectivity index (χ0v) is 10.6. The van der Waals surface area contributed by atoms with Gasteiger partial charge in [0.25, 0.3) is 0 Å². The van der Waals surface area contributed by atoms with E-state index in [9.17, 15) is 0 Å². The van der Waals surface area contributed by atoms with Crippen LogP contribution in [0.1, 0.15) is 5.56 Å². The number of benzene rings is 1. The second-order valence-corrected chi connectivity index (χ2v) is 3.82. The Morgan fingerprint density at radius 2 is 1.82 bits per heavy atom. The Balaban J connectivity index is 2.46. The van der Waals surface area contributed by atoms with Crippen molar-refractivity contribution in [3.8, 4) is 0 Å². The highest BCUT2D eigenvalue weighted by Gasteiger charge is 2.23. The third-order valence-electron chi connectivity index (χ3n) is 2.24. The molecule has 0 bridgehead atoms. The molecular weight excluding hydrogens is 267 g/mol. The van der Waals surface area contributed by atoms with Crippen molar-refractivity contribution in [2.24, 2.45) is 0 Å². The summed E-state index contributed by atoms with van der Waals surface area (Å²) in [5, 5.41) is 9.17. The minimum Gasteiger partial charge on any atom is -0.394 e. The van der Waals surface area contributed by atoms with Crippen LogP contribution in [0.15, 0.2) is 30.3 Å². The predicted octanol–water partition coefficient (Wildman–Crippen LogP) is 2.27. The Kier molecular flexibility index (Phi) is 7.51. The normalized spacial score (nSPS) is 14.5. The first kappa shape index (κ1) is 14.7. The van der Waals surface area contributed by atoms with Crippen LogP contribution in [0.25, 0.3) is 0 Å². The van der Waals surface area contributed by atoms with Gasteiger partial charge in [0, 0.05) is 0 Å². The summed E-state index contributed by atoms with van der Waals surface area (Å²) in [5.74, 6) is 0. The molecule has 0 aliphatic rings. The lowest BCUT2D eigenvalue weighted by Gasteiger charge is -2.21. The lowest BCUT2D eigenvalue weighted by Crippen LogP contribution is -2.35. The van der Waals surface area contributed by atoms with Crippen LogP contribution in [-0.2, 0) is 19.9 Å². The van der Waals surface area contributed by atoms with Crippen LogP contribution >= 0.6 is 23.7 Å². The molecule has 0 amide bonds. The first-order valence-electron chi connectivity index (χ1n) is 5.09. The van der Waals surface area contributed by atoms with E-state index in [1.54, 1.807) is 0 Å². The first-order chi connectivity index (χ1) is 8.31. The van der Waals surface area contributed by atoms with Crippen molar-refractivity contribution < 1.29 is 18.4 Å². The second-order valence-electron chi connectivity index (χ2n) is 3.42. The fourth-order valence-corrected chi connectivity index (χ4v) is 1.60. The lowest BCUT2D eigenvalue weighted by molar-refractivity contribution is -0.0702. The summed E-state index contributed by atoms with van der Waals surface area (Å²) in [6, 6.07) is 9.57. The third-order valence-corrected chi connectivity index (χ3v) is 2.60. The number of aliphatic hydroxyl groups is 1. The van der Waals surface area contributed by atoms with Crippen LogP contribution in [-0.4, -0.2) is 30.5 Å². The summed E-state index contributed by atoms with van der Waals surface area (Å²) >= 11 is 10.4. The molecule has 0 radical (unpaired) electrons. The Morgan fingerprint density at radius 3 is 2.35 bits per heavy atom. The van der Waals surface area contributed by atoms with Gasteiger partial charge in [-0.05, 0) is 5.56 Å². The molecule has 17 heavy (non-hydrogen) atoms. The van der Waals surface area contributed by atoms with Gasteiger partial charge < -0.3 is 9.84 Å². The zero-order chi connectivity index (χ0) is 12.5. The van der Waals surface area contributed by atoms with E-state index >= 15 is 0 Å². The third kappa shape index (κ3) is 5.21. The standard InChI is InChI=1S/C11H14Cl2O4/c12-16-8-11(17-13)10(6-14)15-7-9-4-2-1-3-5-9/h1-5,10-11,14H,6-8H2/t10-,11-/m0/s1. The van der Waals surface area contributed by atoms with Crippen molar-refractivity contribution >= 4 is 23.7 Å². The maximum atomic E-state index is 9.17. The first-order valence-corrected chi connectivity index (χ1v) is 5.70. The number of rotatable bonds is 8. The predicted molar refractivity (Wildman–Crippen MR) is 64.6 cm³/mol. The summed E-state index contributed by atoms with van der Waals surface area (Å²) in [6.45, 7) is 0.153. The van der Waals surface area contributed by atoms with E-state index in [2.05, 4.69) is 8.58 Å². The van der Waals surface area contributed by atoms with Crippen molar-refractivity contribution in [2.75, 3.05) is 13.2 Å². The molecular formula is C11H14Cl2O4. The van der Waals surface area contributed by atoms with Gasteiger partial charge in [0.05, 0.1) is 43.6 Å². The average Bonchev–Trinajstić information content (AvgIpc) is 2.39. The maximum absolute atomic E-state index is 9.17. The SMILES string of the molecule is OC[C@H](OCc1ccccc1)[C@H](COCl)OCl. The van der Waals surface area contributed by atoms with Crippen molar-refractivity contribution in [1.82, 2.24) is 0 Å². The monoisotopic (exact) mass is 280 g/mol. The van der Waals surface area contributed by atoms with Crippen molar-refractivity contribution in [3.63, 3.8) is 0 Å². The topological polar surface area (TPSA) is 47.9 Å². The van der Waals surface area contributed by atoms with Gasteiger partial charge in [-0.15, -0.1) is 0 Å². The van der Waals surface area contributed by atoms with Crippen molar-refractivity contribution in [2.45, 2.75) is 18.8 Å². The van der Waals surface area contributed by atoms with Crippen LogP contribution in [0, 0.1) is 0 Å². The Hall–Kier alpha value is -0.360. The second kappa shape index (κ2) is 8.69. The van der Waals surface area contributed by atoms with Crippen LogP contribution in [0.2, 0.25) is 0 Å². The highest BCUT2D eigenvalue weighted by Crippen LogP contribution is 2.11. The average molecular weight is 281 g/mol. The number of hydrogen-bond donors (Lipinski definition) is 1. The van der Waals surface area contributed by atoms with Crippen molar-refractivity contribution in [1.29, 1.82) is 0 Å². The smallest absolute Gasteiger partial charge is 0.132 e. The minimum atomic E-state index is -0.622. The minimum absolute atomic E-state index is 0.0328. The van der Waals surface area contributed by atoms with Gasteiger partial charge in [-0.2, -0.15) is 0 Å². The summed E-state index contributed by atoms with van der Waals surface area (Å²) in [7, 11) is 0. The molecule has 0 heterocycles. The van der Waals surface area contributed by atoms with Crippen molar-refractivity contribution in [3.05, 3.63) is 35.9 Å². The highest BCUT2D eigenvalue weighted by atomic mass is 35.5. The van der Waals surface area contributed by atoms with E-state index in [4.69, 9.17) is 33.6 Å². The number of halogens is 2. The van der Waals surface area contributed by atoms with E-state index in [0.717, 1.165) is 5.56 Å². The molecule has 0 fully saturated rings. The molecule has 4 nitrogen and oxygen atoms in total. The molecule has 0 aliphatic carbocycles. The molecule has 1 N–H and O–H groups in total. The Bertz CT molecular complexity index is 297. The van der Waals surface area contributed by atoms with Crippen LogP contribution < -0.4 is 0 Å². The highest BCUT2D eigenvalue weighted by molar-refractivity contribution is 6.08. The molecule has 1 rings (SSSR count). The summed E-state index contributed by atoms with van der Waals surface area (Å²) in [6.07, 6.45) is -1.21. The largest absolute Gasteiger partial charge is 0.394 e. The Labute approximate surface area is 110 Å². The number of ether oxygens (including phenoxy) is 1. The van der Waals surface area contributed by atoms with E-state index < -0.39 is 12.2 Å². The Morgan fingerprint density at radius 1 is 1.12 bits per heavy atom. The summed E-state index contributed by atoms with van der Waals surface area (Å²) in [5.41, 5.74) is 0.992. The van der Waals surface area contributed by atoms with E-state index in [1.165, 1.54) is 0 Å². The fourth-order valence-electron chi connectivity index (χ4n) is 1.31. The molecule has 2 atom stereocenters. The molecule has 0 saturated carbocycles. The molecule has 1 aromatic carbocycles. The zero-order valence-electron chi connectivity index (χ0n) is 9.09. The summed E-state index contributed by atoms with van der Waals surface area (Å²) < 4.78 is 14.5. The molecule has 0 spiro atoms. The van der Waals surface area contributed by atoms with Gasteiger partial charge >= 0.3 is 0 Å². The maximum Gasteiger partial charge on any atom is 0.132 e. The van der Waals surface area contributed by atoms with Gasteiger partial charge in [0.2, 0.25) is 0 Å². The molecule has 0 aromatic heterocycles. The fraction of sp³-hybridized carbons (Fsp3) is 0.455. The van der Waals surface area contributed by atoms with Gasteiger partial charge in [0.15, 0.2) is 0 Å². The van der Waals surface area contributed by atoms with Crippen LogP contribution in [0.4, 0.5) is 0 Å². The summed E-state index contributed by atoms with van der Waals surface area (Å²) in [4.78, 5) is 0. The molecule has 6 heteroatoms. The molecule has 96 valence electrons. The van der Waals surface area contributed by atoms with Gasteiger partial charge in [0.1, 0.15) is 12.2 Å². The lowest BCUT2D eigenvalue weighted by atomic mass is 10.2. The molecule has 0 saturated heterocycles. The molecule has 1 aromatic rings.